The van der Waals surface area contributed by atoms with Crippen LogP contribution in [0.2, 0.25) is 0 Å². The van der Waals surface area contributed by atoms with E-state index in [9.17, 15) is 0 Å². The Morgan fingerprint density at radius 2 is 1.79 bits per heavy atom. The second kappa shape index (κ2) is 14.8. The molecule has 1 aromatic rings. The molecule has 7 heteroatoms. The van der Waals surface area contributed by atoms with Crippen LogP contribution in [0.5, 0.6) is 5.75 Å². The molecule has 29 heavy (non-hydrogen) atoms. The number of hydrogen-bond acceptors (Lipinski definition) is 4. The number of aliphatic imine (C=N–C) groups is 1. The van der Waals surface area contributed by atoms with Gasteiger partial charge in [-0.1, -0.05) is 25.0 Å². The molecule has 0 saturated heterocycles. The molecule has 0 amide bonds. The Hall–Kier alpha value is -1.06. The van der Waals surface area contributed by atoms with E-state index >= 15 is 0 Å². The van der Waals surface area contributed by atoms with Gasteiger partial charge in [0.1, 0.15) is 12.4 Å². The molecule has 1 fully saturated rings. The average Bonchev–Trinajstić information content (AvgIpc) is 3.18. The molecule has 0 aliphatic heterocycles. The van der Waals surface area contributed by atoms with E-state index in [1.54, 1.807) is 7.11 Å². The summed E-state index contributed by atoms with van der Waals surface area (Å²) in [7, 11) is 3.50. The summed E-state index contributed by atoms with van der Waals surface area (Å²) in [6, 6.07) is 8.13. The zero-order chi connectivity index (χ0) is 20.1. The van der Waals surface area contributed by atoms with Crippen molar-refractivity contribution in [3.05, 3.63) is 29.8 Å². The maximum atomic E-state index is 5.61. The SMILES string of the molecule is CCOCCC1(CNC(=NC)NCc2ccc(OCCOC)cc2)CCCC1.I. The first-order valence-electron chi connectivity index (χ1n) is 10.4. The largest absolute Gasteiger partial charge is 0.491 e. The maximum absolute atomic E-state index is 5.61. The Morgan fingerprint density at radius 3 is 2.41 bits per heavy atom. The van der Waals surface area contributed by atoms with Crippen molar-refractivity contribution in [1.82, 2.24) is 10.6 Å². The van der Waals surface area contributed by atoms with Crippen molar-refractivity contribution in [2.75, 3.05) is 47.1 Å². The van der Waals surface area contributed by atoms with Crippen molar-refractivity contribution in [3.63, 3.8) is 0 Å². The summed E-state index contributed by atoms with van der Waals surface area (Å²) in [4.78, 5) is 4.38. The van der Waals surface area contributed by atoms with Gasteiger partial charge in [0, 0.05) is 40.5 Å². The number of hydrogen-bond donors (Lipinski definition) is 2. The van der Waals surface area contributed by atoms with Gasteiger partial charge in [-0.2, -0.15) is 0 Å². The number of methoxy groups -OCH3 is 1. The Balaban J connectivity index is 0.00000420. The highest BCUT2D eigenvalue weighted by atomic mass is 127. The maximum Gasteiger partial charge on any atom is 0.191 e. The molecule has 1 aliphatic carbocycles. The van der Waals surface area contributed by atoms with Crippen molar-refractivity contribution < 1.29 is 14.2 Å². The Morgan fingerprint density at radius 1 is 1.07 bits per heavy atom. The number of nitrogens with zero attached hydrogens (tertiary/aromatic N) is 1. The summed E-state index contributed by atoms with van der Waals surface area (Å²) < 4.78 is 16.2. The van der Waals surface area contributed by atoms with Crippen LogP contribution in [0.1, 0.15) is 44.6 Å². The quantitative estimate of drug-likeness (QED) is 0.189. The van der Waals surface area contributed by atoms with Gasteiger partial charge in [-0.05, 0) is 49.3 Å². The van der Waals surface area contributed by atoms with Crippen molar-refractivity contribution >= 4 is 29.9 Å². The van der Waals surface area contributed by atoms with Crippen molar-refractivity contribution in [2.24, 2.45) is 10.4 Å². The van der Waals surface area contributed by atoms with Crippen LogP contribution in [0.15, 0.2) is 29.3 Å². The van der Waals surface area contributed by atoms with E-state index in [4.69, 9.17) is 14.2 Å². The van der Waals surface area contributed by atoms with Crippen molar-refractivity contribution in [3.8, 4) is 5.75 Å². The lowest BCUT2D eigenvalue weighted by molar-refractivity contribution is 0.105. The lowest BCUT2D eigenvalue weighted by Gasteiger charge is -2.30. The molecule has 2 rings (SSSR count). The molecule has 166 valence electrons. The molecular formula is C22H38IN3O3. The van der Waals surface area contributed by atoms with Gasteiger partial charge in [0.25, 0.3) is 0 Å². The Kier molecular flexibility index (Phi) is 13.3. The summed E-state index contributed by atoms with van der Waals surface area (Å²) in [5.41, 5.74) is 1.53. The highest BCUT2D eigenvalue weighted by Gasteiger charge is 2.33. The van der Waals surface area contributed by atoms with Gasteiger partial charge in [-0.15, -0.1) is 24.0 Å². The molecule has 0 atom stereocenters. The van der Waals surface area contributed by atoms with Crippen LogP contribution in [-0.2, 0) is 16.0 Å². The van der Waals surface area contributed by atoms with Crippen LogP contribution >= 0.6 is 24.0 Å². The summed E-state index contributed by atoms with van der Waals surface area (Å²) in [5.74, 6) is 1.71. The number of halogens is 1. The predicted octanol–water partition coefficient (Wildman–Crippen LogP) is 3.98. The Bertz CT molecular complexity index is 575. The molecule has 6 nitrogen and oxygen atoms in total. The second-order valence-corrected chi connectivity index (χ2v) is 7.42. The zero-order valence-electron chi connectivity index (χ0n) is 18.2. The fourth-order valence-corrected chi connectivity index (χ4v) is 3.70. The van der Waals surface area contributed by atoms with Gasteiger partial charge < -0.3 is 24.8 Å². The summed E-state index contributed by atoms with van der Waals surface area (Å²) in [5, 5.41) is 6.95. The zero-order valence-corrected chi connectivity index (χ0v) is 20.5. The van der Waals surface area contributed by atoms with Gasteiger partial charge >= 0.3 is 0 Å². The van der Waals surface area contributed by atoms with E-state index in [2.05, 4.69) is 34.7 Å². The average molecular weight is 519 g/mol. The van der Waals surface area contributed by atoms with Crippen molar-refractivity contribution in [2.45, 2.75) is 45.6 Å². The summed E-state index contributed by atoms with van der Waals surface area (Å²) >= 11 is 0. The molecule has 0 aromatic heterocycles. The minimum Gasteiger partial charge on any atom is -0.491 e. The summed E-state index contributed by atoms with van der Waals surface area (Å²) in [6.45, 7) is 6.54. The number of benzene rings is 1. The third-order valence-electron chi connectivity index (χ3n) is 5.44. The van der Waals surface area contributed by atoms with E-state index in [1.165, 1.54) is 31.2 Å². The first kappa shape index (κ1) is 26.0. The van der Waals surface area contributed by atoms with E-state index < -0.39 is 0 Å². The van der Waals surface area contributed by atoms with E-state index in [0.29, 0.717) is 18.6 Å². The molecule has 0 heterocycles. The molecule has 0 bridgehead atoms. The molecular weight excluding hydrogens is 481 g/mol. The van der Waals surface area contributed by atoms with Crippen LogP contribution in [0.4, 0.5) is 0 Å². The number of nitrogens with one attached hydrogen (secondary N) is 2. The van der Waals surface area contributed by atoms with E-state index in [-0.39, 0.29) is 24.0 Å². The highest BCUT2D eigenvalue weighted by molar-refractivity contribution is 14.0. The normalized spacial score (nSPS) is 15.6. The molecule has 2 N–H and O–H groups in total. The van der Waals surface area contributed by atoms with Gasteiger partial charge in [0.05, 0.1) is 6.61 Å². The second-order valence-electron chi connectivity index (χ2n) is 7.42. The summed E-state index contributed by atoms with van der Waals surface area (Å²) in [6.07, 6.45) is 6.30. The standard InChI is InChI=1S/C22H37N3O3.HI/c1-4-27-14-13-22(11-5-6-12-22)18-25-21(23-2)24-17-19-7-9-20(10-8-19)28-16-15-26-3;/h7-10H,4-6,11-18H2,1-3H3,(H2,23,24,25);1H. The number of guanidine groups is 1. The van der Waals surface area contributed by atoms with Crippen LogP contribution in [0.3, 0.4) is 0 Å². The van der Waals surface area contributed by atoms with Crippen LogP contribution in [0.25, 0.3) is 0 Å². The first-order chi connectivity index (χ1) is 13.7. The minimum atomic E-state index is 0. The van der Waals surface area contributed by atoms with Crippen molar-refractivity contribution in [1.29, 1.82) is 0 Å². The molecule has 0 unspecified atom stereocenters. The first-order valence-corrected chi connectivity index (χ1v) is 10.4. The molecule has 1 aromatic carbocycles. The topological polar surface area (TPSA) is 64.1 Å². The van der Waals surface area contributed by atoms with E-state index in [1.807, 2.05) is 19.2 Å². The smallest absolute Gasteiger partial charge is 0.191 e. The molecule has 0 spiro atoms. The lowest BCUT2D eigenvalue weighted by Crippen LogP contribution is -2.43. The van der Waals surface area contributed by atoms with Crippen LogP contribution < -0.4 is 15.4 Å². The number of ether oxygens (including phenoxy) is 3. The highest BCUT2D eigenvalue weighted by Crippen LogP contribution is 2.40. The third kappa shape index (κ3) is 9.53. The van der Waals surface area contributed by atoms with Gasteiger partial charge in [-0.3, -0.25) is 4.99 Å². The molecule has 1 saturated carbocycles. The van der Waals surface area contributed by atoms with Gasteiger partial charge in [0.15, 0.2) is 5.96 Å². The Labute approximate surface area is 193 Å². The van der Waals surface area contributed by atoms with Gasteiger partial charge in [-0.25, -0.2) is 0 Å². The fourth-order valence-electron chi connectivity index (χ4n) is 3.70. The monoisotopic (exact) mass is 519 g/mol. The lowest BCUT2D eigenvalue weighted by atomic mass is 9.83. The molecule has 0 radical (unpaired) electrons. The van der Waals surface area contributed by atoms with Gasteiger partial charge in [0.2, 0.25) is 0 Å². The minimum absolute atomic E-state index is 0. The van der Waals surface area contributed by atoms with Crippen LogP contribution in [0, 0.1) is 5.41 Å². The molecule has 1 aliphatic rings. The number of rotatable bonds is 12. The fraction of sp³-hybridized carbons (Fsp3) is 0.682. The predicted molar refractivity (Wildman–Crippen MR) is 129 cm³/mol. The third-order valence-corrected chi connectivity index (χ3v) is 5.44. The van der Waals surface area contributed by atoms with Crippen LogP contribution in [-0.4, -0.2) is 53.1 Å². The van der Waals surface area contributed by atoms with E-state index in [0.717, 1.165) is 44.4 Å².